The van der Waals surface area contributed by atoms with Crippen molar-refractivity contribution in [3.05, 3.63) is 0 Å². The van der Waals surface area contributed by atoms with Crippen LogP contribution >= 0.6 is 0 Å². The Morgan fingerprint density at radius 1 is 1.70 bits per heavy atom. The Labute approximate surface area is 61.8 Å². The van der Waals surface area contributed by atoms with Gasteiger partial charge in [0.2, 0.25) is 0 Å². The van der Waals surface area contributed by atoms with E-state index in [2.05, 4.69) is 6.92 Å². The number of carbonyl (C=O) groups excluding carboxylic acids is 1. The van der Waals surface area contributed by atoms with Gasteiger partial charge in [0.05, 0.1) is 0 Å². The molecule has 1 rings (SSSR count). The van der Waals surface area contributed by atoms with Crippen molar-refractivity contribution in [2.45, 2.75) is 26.2 Å². The molecule has 1 saturated carbocycles. The molecule has 0 aromatic heterocycles. The maximum Gasteiger partial charge on any atom is 0.133 e. The maximum absolute atomic E-state index is 10.9. The number of carbonyl (C=O) groups is 1. The second kappa shape index (κ2) is 3.15. The lowest BCUT2D eigenvalue weighted by molar-refractivity contribution is -0.122. The van der Waals surface area contributed by atoms with Crippen molar-refractivity contribution in [1.29, 1.82) is 0 Å². The van der Waals surface area contributed by atoms with Gasteiger partial charge in [-0.15, -0.1) is 0 Å². The molecule has 0 aliphatic heterocycles. The van der Waals surface area contributed by atoms with Crippen LogP contribution in [0.25, 0.3) is 0 Å². The summed E-state index contributed by atoms with van der Waals surface area (Å²) < 4.78 is 0. The Morgan fingerprint density at radius 2 is 2.40 bits per heavy atom. The molecule has 0 aromatic carbocycles. The zero-order valence-electron chi connectivity index (χ0n) is 6.47. The summed E-state index contributed by atoms with van der Waals surface area (Å²) in [5.41, 5.74) is 5.53. The quantitative estimate of drug-likeness (QED) is 0.590. The summed E-state index contributed by atoms with van der Waals surface area (Å²) in [7, 11) is 0. The van der Waals surface area contributed by atoms with Crippen LogP contribution < -0.4 is 5.73 Å². The minimum Gasteiger partial charge on any atom is -0.330 e. The zero-order chi connectivity index (χ0) is 7.56. The summed E-state index contributed by atoms with van der Waals surface area (Å²) in [5.74, 6) is 1.53. The maximum atomic E-state index is 10.9. The molecule has 0 spiro atoms. The highest BCUT2D eigenvalue weighted by Gasteiger charge is 2.24. The SMILES string of the molecule is CC1CC(=O)CCC1CN. The number of rotatable bonds is 1. The van der Waals surface area contributed by atoms with Crippen molar-refractivity contribution in [2.75, 3.05) is 6.54 Å². The van der Waals surface area contributed by atoms with E-state index in [4.69, 9.17) is 5.73 Å². The van der Waals surface area contributed by atoms with Gasteiger partial charge in [-0.25, -0.2) is 0 Å². The van der Waals surface area contributed by atoms with Gasteiger partial charge in [-0.1, -0.05) is 6.92 Å². The Bertz CT molecular complexity index is 133. The predicted molar refractivity (Wildman–Crippen MR) is 40.6 cm³/mol. The second-order valence-corrected chi connectivity index (χ2v) is 3.25. The lowest BCUT2D eigenvalue weighted by Crippen LogP contribution is -2.28. The van der Waals surface area contributed by atoms with Gasteiger partial charge in [0.1, 0.15) is 5.78 Å². The molecule has 0 radical (unpaired) electrons. The highest BCUT2D eigenvalue weighted by atomic mass is 16.1. The van der Waals surface area contributed by atoms with E-state index < -0.39 is 0 Å². The van der Waals surface area contributed by atoms with E-state index in [-0.39, 0.29) is 0 Å². The average molecular weight is 141 g/mol. The van der Waals surface area contributed by atoms with Gasteiger partial charge in [-0.3, -0.25) is 4.79 Å². The average Bonchev–Trinajstić information content (AvgIpc) is 1.88. The highest BCUT2D eigenvalue weighted by molar-refractivity contribution is 5.79. The Morgan fingerprint density at radius 3 is 2.90 bits per heavy atom. The molecule has 1 aliphatic rings. The largest absolute Gasteiger partial charge is 0.330 e. The third-order valence-corrected chi connectivity index (χ3v) is 2.45. The summed E-state index contributed by atoms with van der Waals surface area (Å²) in [6.07, 6.45) is 2.52. The molecule has 0 aromatic rings. The Balaban J connectivity index is 2.43. The van der Waals surface area contributed by atoms with Crippen molar-refractivity contribution in [3.63, 3.8) is 0 Å². The van der Waals surface area contributed by atoms with Gasteiger partial charge in [0, 0.05) is 12.8 Å². The molecule has 0 heterocycles. The minimum atomic E-state index is 0.414. The van der Waals surface area contributed by atoms with Crippen LogP contribution in [0, 0.1) is 11.8 Å². The molecule has 2 nitrogen and oxygen atoms in total. The predicted octanol–water partition coefficient (Wildman–Crippen LogP) is 0.950. The molecule has 2 unspecified atom stereocenters. The van der Waals surface area contributed by atoms with E-state index in [0.29, 0.717) is 17.6 Å². The van der Waals surface area contributed by atoms with E-state index in [9.17, 15) is 4.79 Å². The fourth-order valence-corrected chi connectivity index (χ4v) is 1.61. The van der Waals surface area contributed by atoms with Crippen molar-refractivity contribution < 1.29 is 4.79 Å². The molecule has 2 atom stereocenters. The van der Waals surface area contributed by atoms with Crippen molar-refractivity contribution in [1.82, 2.24) is 0 Å². The number of hydrogen-bond donors (Lipinski definition) is 1. The highest BCUT2D eigenvalue weighted by Crippen LogP contribution is 2.26. The molecular weight excluding hydrogens is 126 g/mol. The van der Waals surface area contributed by atoms with Crippen LogP contribution in [0.4, 0.5) is 0 Å². The van der Waals surface area contributed by atoms with Crippen LogP contribution in [0.2, 0.25) is 0 Å². The third kappa shape index (κ3) is 1.57. The normalized spacial score (nSPS) is 34.4. The minimum absolute atomic E-state index is 0.414. The van der Waals surface area contributed by atoms with Crippen molar-refractivity contribution in [2.24, 2.45) is 17.6 Å². The van der Waals surface area contributed by atoms with Crippen LogP contribution in [0.1, 0.15) is 26.2 Å². The first-order chi connectivity index (χ1) is 4.74. The molecule has 58 valence electrons. The molecule has 1 fully saturated rings. The van der Waals surface area contributed by atoms with Crippen molar-refractivity contribution >= 4 is 5.78 Å². The molecule has 2 N–H and O–H groups in total. The molecular formula is C8H15NO. The first kappa shape index (κ1) is 7.73. The summed E-state index contributed by atoms with van der Waals surface area (Å²) in [4.78, 5) is 10.9. The van der Waals surface area contributed by atoms with Gasteiger partial charge >= 0.3 is 0 Å². The van der Waals surface area contributed by atoms with E-state index in [0.717, 1.165) is 25.8 Å². The first-order valence-corrected chi connectivity index (χ1v) is 3.95. The monoisotopic (exact) mass is 141 g/mol. The van der Waals surface area contributed by atoms with Gasteiger partial charge in [0.15, 0.2) is 0 Å². The van der Waals surface area contributed by atoms with Crippen LogP contribution in [-0.2, 0) is 4.79 Å². The fourth-order valence-electron chi connectivity index (χ4n) is 1.61. The van der Waals surface area contributed by atoms with Crippen molar-refractivity contribution in [3.8, 4) is 0 Å². The van der Waals surface area contributed by atoms with Crippen LogP contribution in [-0.4, -0.2) is 12.3 Å². The Hall–Kier alpha value is -0.370. The van der Waals surface area contributed by atoms with Crippen LogP contribution in [0.3, 0.4) is 0 Å². The molecule has 0 saturated heterocycles. The molecule has 2 heteroatoms. The number of Topliss-reactive ketones (excluding diaryl/α,β-unsaturated/α-hetero) is 1. The topological polar surface area (TPSA) is 43.1 Å². The molecule has 1 aliphatic carbocycles. The Kier molecular flexibility index (Phi) is 2.44. The van der Waals surface area contributed by atoms with E-state index >= 15 is 0 Å². The smallest absolute Gasteiger partial charge is 0.133 e. The number of ketones is 1. The second-order valence-electron chi connectivity index (χ2n) is 3.25. The van der Waals surface area contributed by atoms with Crippen LogP contribution in [0.5, 0.6) is 0 Å². The lowest BCUT2D eigenvalue weighted by Gasteiger charge is -2.26. The summed E-state index contributed by atoms with van der Waals surface area (Å²) in [5, 5.41) is 0. The fraction of sp³-hybridized carbons (Fsp3) is 0.875. The third-order valence-electron chi connectivity index (χ3n) is 2.45. The molecule has 10 heavy (non-hydrogen) atoms. The summed E-state index contributed by atoms with van der Waals surface area (Å²) >= 11 is 0. The summed E-state index contributed by atoms with van der Waals surface area (Å²) in [6, 6.07) is 0. The number of nitrogens with two attached hydrogens (primary N) is 1. The van der Waals surface area contributed by atoms with E-state index in [1.807, 2.05) is 0 Å². The van der Waals surface area contributed by atoms with Gasteiger partial charge in [0.25, 0.3) is 0 Å². The number of hydrogen-bond acceptors (Lipinski definition) is 2. The van der Waals surface area contributed by atoms with Gasteiger partial charge in [-0.05, 0) is 24.8 Å². The molecule has 0 bridgehead atoms. The standard InChI is InChI=1S/C8H15NO/c1-6-4-8(10)3-2-7(6)5-9/h6-7H,2-5,9H2,1H3. The lowest BCUT2D eigenvalue weighted by atomic mass is 9.80. The molecule has 0 amide bonds. The van der Waals surface area contributed by atoms with E-state index in [1.54, 1.807) is 0 Å². The zero-order valence-corrected chi connectivity index (χ0v) is 6.47. The first-order valence-electron chi connectivity index (χ1n) is 3.95. The van der Waals surface area contributed by atoms with Gasteiger partial charge in [-0.2, -0.15) is 0 Å². The summed E-state index contributed by atoms with van der Waals surface area (Å²) in [6.45, 7) is 2.86. The van der Waals surface area contributed by atoms with Crippen LogP contribution in [0.15, 0.2) is 0 Å². The van der Waals surface area contributed by atoms with Gasteiger partial charge < -0.3 is 5.73 Å². The van der Waals surface area contributed by atoms with E-state index in [1.165, 1.54) is 0 Å².